The van der Waals surface area contributed by atoms with Crippen molar-refractivity contribution in [1.29, 1.82) is 0 Å². The second kappa shape index (κ2) is 2.10. The molecule has 0 aromatic heterocycles. The van der Waals surface area contributed by atoms with Crippen molar-refractivity contribution in [3.63, 3.8) is 0 Å². The van der Waals surface area contributed by atoms with E-state index in [0.29, 0.717) is 11.4 Å². The summed E-state index contributed by atoms with van der Waals surface area (Å²) in [6.45, 7) is 0. The summed E-state index contributed by atoms with van der Waals surface area (Å²) in [5.41, 5.74) is 13.3. The van der Waals surface area contributed by atoms with Gasteiger partial charge in [-0.2, -0.15) is 0 Å². The molecule has 1 heterocycles. The highest BCUT2D eigenvalue weighted by Gasteiger charge is 2.11. The van der Waals surface area contributed by atoms with Gasteiger partial charge in [0.15, 0.2) is 0 Å². The zero-order chi connectivity index (χ0) is 7.84. The van der Waals surface area contributed by atoms with Crippen LogP contribution in [0, 0.1) is 0 Å². The molecule has 11 heavy (non-hydrogen) atoms. The van der Waals surface area contributed by atoms with Crippen LogP contribution in [0.15, 0.2) is 17.6 Å². The predicted octanol–water partition coefficient (Wildman–Crippen LogP) is 1.41. The molecule has 56 valence electrons. The average molecular weight is 165 g/mol. The summed E-state index contributed by atoms with van der Waals surface area (Å²) in [5.74, 6) is 0. The van der Waals surface area contributed by atoms with Gasteiger partial charge in [0.05, 0.1) is 16.3 Å². The Morgan fingerprint density at radius 2 is 2.18 bits per heavy atom. The maximum atomic E-state index is 5.66. The molecule has 0 radical (unpaired) electrons. The lowest BCUT2D eigenvalue weighted by Gasteiger charge is -1.94. The van der Waals surface area contributed by atoms with Gasteiger partial charge in [0.1, 0.15) is 5.69 Å². The van der Waals surface area contributed by atoms with E-state index < -0.39 is 0 Å². The van der Waals surface area contributed by atoms with Crippen LogP contribution in [-0.2, 0) is 0 Å². The smallest absolute Gasteiger partial charge is 0.105 e. The molecule has 0 atom stereocenters. The van der Waals surface area contributed by atoms with Gasteiger partial charge >= 0.3 is 0 Å². The van der Waals surface area contributed by atoms with Gasteiger partial charge in [0.25, 0.3) is 0 Å². The largest absolute Gasteiger partial charge is 0.397 e. The standard InChI is InChI=1S/C7H7N3S/c8-4-3-5-7(6(4)9)10-1-2-11-5/h1-3H,8-9H2. The molecule has 2 rings (SSSR count). The van der Waals surface area contributed by atoms with E-state index >= 15 is 0 Å². The number of anilines is 2. The lowest BCUT2D eigenvalue weighted by molar-refractivity contribution is 1.38. The Labute approximate surface area is 68.0 Å². The van der Waals surface area contributed by atoms with Crippen LogP contribution >= 0.6 is 11.3 Å². The molecule has 0 unspecified atom stereocenters. The molecule has 0 bridgehead atoms. The van der Waals surface area contributed by atoms with Gasteiger partial charge in [-0.25, -0.2) is 0 Å². The zero-order valence-corrected chi connectivity index (χ0v) is 6.56. The minimum atomic E-state index is 0.594. The lowest BCUT2D eigenvalue weighted by Crippen LogP contribution is -1.90. The lowest BCUT2D eigenvalue weighted by atomic mass is 10.4. The molecular weight excluding hydrogens is 158 g/mol. The Balaban J connectivity index is 2.81. The Morgan fingerprint density at radius 1 is 1.36 bits per heavy atom. The van der Waals surface area contributed by atoms with Gasteiger partial charge in [-0.15, -0.1) is 11.3 Å². The fourth-order valence-electron chi connectivity index (χ4n) is 0.988. The van der Waals surface area contributed by atoms with Crippen LogP contribution in [0.1, 0.15) is 0 Å². The predicted molar refractivity (Wildman–Crippen MR) is 47.6 cm³/mol. The quantitative estimate of drug-likeness (QED) is 0.620. The van der Waals surface area contributed by atoms with E-state index in [2.05, 4.69) is 4.98 Å². The van der Waals surface area contributed by atoms with E-state index in [4.69, 9.17) is 11.5 Å². The van der Waals surface area contributed by atoms with Gasteiger partial charge in [-0.05, 0) is 6.07 Å². The molecule has 2 aliphatic rings. The Kier molecular flexibility index (Phi) is 1.22. The molecule has 0 saturated carbocycles. The van der Waals surface area contributed by atoms with E-state index in [1.165, 1.54) is 0 Å². The monoisotopic (exact) mass is 165 g/mol. The third kappa shape index (κ3) is 0.832. The van der Waals surface area contributed by atoms with Crippen molar-refractivity contribution in [2.24, 2.45) is 0 Å². The highest BCUT2D eigenvalue weighted by molar-refractivity contribution is 7.13. The molecule has 0 spiro atoms. The summed E-state index contributed by atoms with van der Waals surface area (Å²) in [4.78, 5) is 5.15. The van der Waals surface area contributed by atoms with E-state index in [0.717, 1.165) is 10.6 Å². The number of hydrogen-bond acceptors (Lipinski definition) is 4. The van der Waals surface area contributed by atoms with Crippen molar-refractivity contribution in [1.82, 2.24) is 4.98 Å². The number of aromatic nitrogens is 1. The molecule has 0 aromatic carbocycles. The van der Waals surface area contributed by atoms with Crippen LogP contribution < -0.4 is 11.5 Å². The SMILES string of the molecule is Nc1cc2sccnc-2c1N. The van der Waals surface area contributed by atoms with Crippen LogP contribution in [0.4, 0.5) is 11.4 Å². The first-order valence-electron chi connectivity index (χ1n) is 3.16. The molecule has 4 heteroatoms. The fourth-order valence-corrected chi connectivity index (χ4v) is 1.73. The summed E-state index contributed by atoms with van der Waals surface area (Å²) in [5, 5.41) is 1.90. The Bertz CT molecular complexity index is 351. The first-order chi connectivity index (χ1) is 5.29. The normalized spacial score (nSPS) is 10.5. The van der Waals surface area contributed by atoms with Gasteiger partial charge < -0.3 is 11.5 Å². The van der Waals surface area contributed by atoms with Gasteiger partial charge in [0, 0.05) is 11.6 Å². The van der Waals surface area contributed by atoms with Crippen LogP contribution in [0.25, 0.3) is 10.6 Å². The molecule has 0 fully saturated rings. The van der Waals surface area contributed by atoms with Crippen molar-refractivity contribution in [3.05, 3.63) is 17.6 Å². The molecule has 4 N–H and O–H groups in total. The van der Waals surface area contributed by atoms with Crippen molar-refractivity contribution in [2.45, 2.75) is 0 Å². The van der Waals surface area contributed by atoms with Crippen molar-refractivity contribution in [2.75, 3.05) is 11.5 Å². The second-order valence-corrected chi connectivity index (χ2v) is 3.21. The molecule has 0 saturated heterocycles. The Morgan fingerprint density at radius 3 is 2.91 bits per heavy atom. The van der Waals surface area contributed by atoms with Gasteiger partial charge in [-0.1, -0.05) is 0 Å². The summed E-state index contributed by atoms with van der Waals surface area (Å²) < 4.78 is 0. The van der Waals surface area contributed by atoms with Gasteiger partial charge in [-0.3, -0.25) is 4.98 Å². The van der Waals surface area contributed by atoms with Crippen molar-refractivity contribution in [3.8, 4) is 10.6 Å². The van der Waals surface area contributed by atoms with Gasteiger partial charge in [0.2, 0.25) is 0 Å². The number of nitrogens with two attached hydrogens (primary N) is 2. The van der Waals surface area contributed by atoms with Crippen molar-refractivity contribution >= 4 is 22.7 Å². The van der Waals surface area contributed by atoms with Crippen LogP contribution in [-0.4, -0.2) is 4.98 Å². The molecular formula is C7H7N3S. The average Bonchev–Trinajstić information content (AvgIpc) is 2.30. The van der Waals surface area contributed by atoms with E-state index in [1.807, 2.05) is 11.4 Å². The van der Waals surface area contributed by atoms with Crippen LogP contribution in [0.5, 0.6) is 0 Å². The molecule has 0 aromatic rings. The fraction of sp³-hybridized carbons (Fsp3) is 0. The number of nitrogen functional groups attached to an aromatic ring is 2. The third-order valence-electron chi connectivity index (χ3n) is 1.55. The first-order valence-corrected chi connectivity index (χ1v) is 4.04. The summed E-state index contributed by atoms with van der Waals surface area (Å²) in [7, 11) is 0. The van der Waals surface area contributed by atoms with E-state index in [-0.39, 0.29) is 0 Å². The topological polar surface area (TPSA) is 64.9 Å². The van der Waals surface area contributed by atoms with Crippen LogP contribution in [0.2, 0.25) is 0 Å². The maximum Gasteiger partial charge on any atom is 0.105 e. The first kappa shape index (κ1) is 6.42. The zero-order valence-electron chi connectivity index (χ0n) is 5.74. The molecule has 1 aliphatic heterocycles. The molecule has 0 amide bonds. The highest BCUT2D eigenvalue weighted by atomic mass is 32.1. The summed E-state index contributed by atoms with van der Waals surface area (Å²) >= 11 is 1.59. The highest BCUT2D eigenvalue weighted by Crippen LogP contribution is 2.36. The number of rotatable bonds is 0. The van der Waals surface area contributed by atoms with E-state index in [1.54, 1.807) is 17.5 Å². The second-order valence-electron chi connectivity index (χ2n) is 2.26. The van der Waals surface area contributed by atoms with Crippen molar-refractivity contribution < 1.29 is 0 Å². The number of nitrogens with zero attached hydrogens (tertiary/aromatic N) is 1. The summed E-state index contributed by atoms with van der Waals surface area (Å²) in [6.07, 6.45) is 1.72. The summed E-state index contributed by atoms with van der Waals surface area (Å²) in [6, 6.07) is 1.85. The van der Waals surface area contributed by atoms with E-state index in [9.17, 15) is 0 Å². The number of hydrogen-bond donors (Lipinski definition) is 2. The van der Waals surface area contributed by atoms with Crippen LogP contribution in [0.3, 0.4) is 0 Å². The maximum absolute atomic E-state index is 5.66. The molecule has 1 aliphatic carbocycles. The minimum Gasteiger partial charge on any atom is -0.397 e. The third-order valence-corrected chi connectivity index (χ3v) is 2.37. The number of fused-ring (bicyclic) bond motifs is 1. The minimum absolute atomic E-state index is 0.594. The Hall–Kier alpha value is -1.29. The molecule has 3 nitrogen and oxygen atoms in total.